The lowest BCUT2D eigenvalue weighted by Gasteiger charge is -2.25. The molecule has 0 unspecified atom stereocenters. The molecule has 0 spiro atoms. The largest absolute Gasteiger partial charge is 0.459 e. The molecule has 2 aromatic heterocycles. The lowest BCUT2D eigenvalue weighted by molar-refractivity contribution is -0.384. The van der Waals surface area contributed by atoms with E-state index in [0.29, 0.717) is 27.9 Å². The Labute approximate surface area is 222 Å². The maximum absolute atomic E-state index is 13.2. The second-order valence-electron chi connectivity index (χ2n) is 8.63. The Bertz CT molecular complexity index is 1480. The van der Waals surface area contributed by atoms with E-state index < -0.39 is 11.0 Å². The van der Waals surface area contributed by atoms with E-state index in [2.05, 4.69) is 15.6 Å². The number of nitro benzene ring substituents is 1. The van der Waals surface area contributed by atoms with E-state index in [4.69, 9.17) is 16.6 Å². The number of benzene rings is 2. The predicted molar refractivity (Wildman–Crippen MR) is 143 cm³/mol. The van der Waals surface area contributed by atoms with Crippen LogP contribution in [0.25, 0.3) is 11.3 Å². The van der Waals surface area contributed by atoms with Gasteiger partial charge in [0.2, 0.25) is 5.91 Å². The first kappa shape index (κ1) is 25.0. The number of carbonyl (C=O) groups excluding carboxylic acids is 1. The van der Waals surface area contributed by atoms with Gasteiger partial charge < -0.3 is 20.0 Å². The average Bonchev–Trinajstić information content (AvgIpc) is 3.54. The lowest BCUT2D eigenvalue weighted by atomic mass is 10.0. The highest BCUT2D eigenvalue weighted by molar-refractivity contribution is 7.80. The van der Waals surface area contributed by atoms with Gasteiger partial charge in [0.15, 0.2) is 5.11 Å². The highest BCUT2D eigenvalue weighted by Gasteiger charge is 2.41. The van der Waals surface area contributed by atoms with Gasteiger partial charge in [0.05, 0.1) is 16.7 Å². The molecule has 1 saturated heterocycles. The molecule has 1 aliphatic rings. The Morgan fingerprint density at radius 3 is 2.68 bits per heavy atom. The molecule has 1 amide bonds. The molecule has 0 saturated carbocycles. The molecule has 4 aromatic rings. The molecule has 11 heteroatoms. The van der Waals surface area contributed by atoms with Gasteiger partial charge in [0.1, 0.15) is 23.4 Å². The number of thiocarbonyl (C=S) groups is 1. The number of amides is 1. The molecule has 9 nitrogen and oxygen atoms in total. The van der Waals surface area contributed by atoms with Crippen molar-refractivity contribution in [3.8, 4) is 11.3 Å². The van der Waals surface area contributed by atoms with Crippen molar-refractivity contribution < 1.29 is 18.5 Å². The van der Waals surface area contributed by atoms with E-state index in [-0.39, 0.29) is 36.4 Å². The first-order valence-corrected chi connectivity index (χ1v) is 12.2. The van der Waals surface area contributed by atoms with Crippen molar-refractivity contribution in [2.75, 3.05) is 11.9 Å². The number of pyridine rings is 1. The number of hydrogen-bond acceptors (Lipinski definition) is 6. The van der Waals surface area contributed by atoms with Gasteiger partial charge in [-0.25, -0.2) is 4.39 Å². The number of anilines is 1. The molecule has 3 heterocycles. The van der Waals surface area contributed by atoms with E-state index in [1.165, 1.54) is 36.4 Å². The minimum atomic E-state index is -0.456. The molecule has 38 heavy (non-hydrogen) atoms. The molecule has 1 aliphatic heterocycles. The van der Waals surface area contributed by atoms with Gasteiger partial charge in [-0.05, 0) is 60.7 Å². The van der Waals surface area contributed by atoms with Gasteiger partial charge in [0, 0.05) is 42.5 Å². The molecule has 1 fully saturated rings. The number of nitrogens with zero attached hydrogens (tertiary/aromatic N) is 3. The molecule has 0 aliphatic carbocycles. The SMILES string of the molecule is O=C(CCN1C(=S)N[C@@H](c2ccccn2)[C@H]1c1ccc(-c2cccc([N+](=O)[O-])c2)o1)Nc1ccc(F)cc1. The zero-order chi connectivity index (χ0) is 26.6. The number of nitro groups is 1. The fraction of sp³-hybridized carbons (Fsp3) is 0.148. The second kappa shape index (κ2) is 10.8. The Kier molecular flexibility index (Phi) is 7.09. The standard InChI is InChI=1S/C27H22FN5O4S/c28-18-7-9-19(10-8-18)30-24(34)13-15-32-26(25(31-27(32)38)21-6-1-2-14-29-21)23-12-11-22(37-23)17-4-3-5-20(16-17)33(35)36/h1-12,14,16,25-26H,13,15H2,(H,30,34)(H,31,38)/t25-,26+/m0/s1. The van der Waals surface area contributed by atoms with Gasteiger partial charge >= 0.3 is 0 Å². The summed E-state index contributed by atoms with van der Waals surface area (Å²) in [4.78, 5) is 29.8. The smallest absolute Gasteiger partial charge is 0.270 e. The lowest BCUT2D eigenvalue weighted by Crippen LogP contribution is -2.32. The van der Waals surface area contributed by atoms with Crippen LogP contribution < -0.4 is 10.6 Å². The number of carbonyl (C=O) groups is 1. The van der Waals surface area contributed by atoms with E-state index in [1.54, 1.807) is 30.5 Å². The van der Waals surface area contributed by atoms with Crippen LogP contribution >= 0.6 is 12.2 Å². The highest BCUT2D eigenvalue weighted by atomic mass is 32.1. The van der Waals surface area contributed by atoms with Crippen LogP contribution in [0.1, 0.15) is 30.0 Å². The van der Waals surface area contributed by atoms with Crippen molar-refractivity contribution in [2.45, 2.75) is 18.5 Å². The van der Waals surface area contributed by atoms with Gasteiger partial charge in [-0.3, -0.25) is 19.9 Å². The third-order valence-electron chi connectivity index (χ3n) is 6.17. The molecule has 2 atom stereocenters. The van der Waals surface area contributed by atoms with Crippen LogP contribution in [0.4, 0.5) is 15.8 Å². The first-order valence-electron chi connectivity index (χ1n) is 11.8. The number of hydrogen-bond donors (Lipinski definition) is 2. The van der Waals surface area contributed by atoms with Crippen LogP contribution in [0.15, 0.2) is 89.5 Å². The van der Waals surface area contributed by atoms with Crippen LogP contribution in [0.5, 0.6) is 0 Å². The van der Waals surface area contributed by atoms with Gasteiger partial charge in [0.25, 0.3) is 5.69 Å². The minimum Gasteiger partial charge on any atom is -0.459 e. The monoisotopic (exact) mass is 531 g/mol. The highest BCUT2D eigenvalue weighted by Crippen LogP contribution is 2.40. The van der Waals surface area contributed by atoms with E-state index in [1.807, 2.05) is 23.1 Å². The van der Waals surface area contributed by atoms with Crippen molar-refractivity contribution in [1.29, 1.82) is 0 Å². The molecule has 0 bridgehead atoms. The number of aromatic nitrogens is 1. The summed E-state index contributed by atoms with van der Waals surface area (Å²) in [5, 5.41) is 17.7. The molecular weight excluding hydrogens is 509 g/mol. The van der Waals surface area contributed by atoms with E-state index in [0.717, 1.165) is 5.69 Å². The fourth-order valence-corrected chi connectivity index (χ4v) is 4.71. The van der Waals surface area contributed by atoms with Crippen molar-refractivity contribution in [3.05, 3.63) is 112 Å². The summed E-state index contributed by atoms with van der Waals surface area (Å²) in [7, 11) is 0. The maximum atomic E-state index is 13.2. The first-order chi connectivity index (χ1) is 18.4. The van der Waals surface area contributed by atoms with Crippen LogP contribution in [0.3, 0.4) is 0 Å². The summed E-state index contributed by atoms with van der Waals surface area (Å²) in [5.41, 5.74) is 1.77. The van der Waals surface area contributed by atoms with Crippen molar-refractivity contribution in [2.24, 2.45) is 0 Å². The Morgan fingerprint density at radius 2 is 1.95 bits per heavy atom. The Hall–Kier alpha value is -4.64. The third kappa shape index (κ3) is 5.37. The molecule has 5 rings (SSSR count). The van der Waals surface area contributed by atoms with E-state index in [9.17, 15) is 19.3 Å². The average molecular weight is 532 g/mol. The quantitative estimate of drug-likeness (QED) is 0.177. The molecule has 192 valence electrons. The number of halogens is 1. The zero-order valence-electron chi connectivity index (χ0n) is 19.9. The summed E-state index contributed by atoms with van der Waals surface area (Å²) in [6.07, 6.45) is 1.80. The minimum absolute atomic E-state index is 0.0377. The maximum Gasteiger partial charge on any atom is 0.270 e. The van der Waals surface area contributed by atoms with Crippen LogP contribution in [0, 0.1) is 15.9 Å². The van der Waals surface area contributed by atoms with Gasteiger partial charge in [-0.1, -0.05) is 18.2 Å². The zero-order valence-corrected chi connectivity index (χ0v) is 20.7. The van der Waals surface area contributed by atoms with Crippen molar-refractivity contribution in [3.63, 3.8) is 0 Å². The van der Waals surface area contributed by atoms with Gasteiger partial charge in [-0.15, -0.1) is 0 Å². The molecule has 2 aromatic carbocycles. The topological polar surface area (TPSA) is 114 Å². The Balaban J connectivity index is 1.40. The van der Waals surface area contributed by atoms with Crippen LogP contribution in [-0.4, -0.2) is 32.4 Å². The molecular formula is C27H22FN5O4S. The Morgan fingerprint density at radius 1 is 1.13 bits per heavy atom. The second-order valence-corrected chi connectivity index (χ2v) is 9.02. The summed E-state index contributed by atoms with van der Waals surface area (Å²) in [6.45, 7) is 0.277. The van der Waals surface area contributed by atoms with Crippen LogP contribution in [-0.2, 0) is 4.79 Å². The predicted octanol–water partition coefficient (Wildman–Crippen LogP) is 5.39. The van der Waals surface area contributed by atoms with E-state index >= 15 is 0 Å². The summed E-state index contributed by atoms with van der Waals surface area (Å²) >= 11 is 5.63. The summed E-state index contributed by atoms with van der Waals surface area (Å²) < 4.78 is 19.4. The molecule has 2 N–H and O–H groups in total. The van der Waals surface area contributed by atoms with Crippen molar-refractivity contribution in [1.82, 2.24) is 15.2 Å². The molecule has 0 radical (unpaired) electrons. The fourth-order valence-electron chi connectivity index (χ4n) is 4.37. The number of rotatable bonds is 8. The van der Waals surface area contributed by atoms with Crippen LogP contribution in [0.2, 0.25) is 0 Å². The summed E-state index contributed by atoms with van der Waals surface area (Å²) in [5.74, 6) is 0.391. The number of non-ortho nitro benzene ring substituents is 1. The number of nitrogens with one attached hydrogen (secondary N) is 2. The van der Waals surface area contributed by atoms with Crippen molar-refractivity contribution >= 4 is 34.6 Å². The normalized spacial score (nSPS) is 16.8. The third-order valence-corrected chi connectivity index (χ3v) is 6.52. The number of furan rings is 1. The summed E-state index contributed by atoms with van der Waals surface area (Å²) in [6, 6.07) is 20.1. The van der Waals surface area contributed by atoms with Gasteiger partial charge in [-0.2, -0.15) is 0 Å².